The fourth-order valence-electron chi connectivity index (χ4n) is 4.29. The molecule has 2 unspecified atom stereocenters. The van der Waals surface area contributed by atoms with Crippen molar-refractivity contribution in [3.63, 3.8) is 0 Å². The van der Waals surface area contributed by atoms with Gasteiger partial charge in [-0.05, 0) is 30.5 Å². The molecule has 27 heavy (non-hydrogen) atoms. The number of nitrogens with zero attached hydrogens (tertiary/aromatic N) is 2. The lowest BCUT2D eigenvalue weighted by Gasteiger charge is -2.36. The van der Waals surface area contributed by atoms with Gasteiger partial charge >= 0.3 is 17.1 Å². The monoisotopic (exact) mass is 370 g/mol. The molecule has 0 radical (unpaired) electrons. The molecule has 1 aliphatic carbocycles. The van der Waals surface area contributed by atoms with Crippen LogP contribution in [0.2, 0.25) is 0 Å². The Balaban J connectivity index is 1.93. The average Bonchev–Trinajstić information content (AvgIpc) is 2.92. The third-order valence-electron chi connectivity index (χ3n) is 5.69. The molecule has 2 fully saturated rings. The highest BCUT2D eigenvalue weighted by molar-refractivity contribution is 6.10. The zero-order valence-corrected chi connectivity index (χ0v) is 14.7. The number of carbonyl (C=O) groups excluding carboxylic acids is 2. The van der Waals surface area contributed by atoms with Gasteiger partial charge in [0.25, 0.3) is 0 Å². The summed E-state index contributed by atoms with van der Waals surface area (Å²) in [5, 5.41) is 2.44. The topological polar surface area (TPSA) is 123 Å². The van der Waals surface area contributed by atoms with E-state index in [9.17, 15) is 24.0 Å². The van der Waals surface area contributed by atoms with Gasteiger partial charge in [-0.25, -0.2) is 23.5 Å². The van der Waals surface area contributed by atoms with Crippen molar-refractivity contribution in [2.75, 3.05) is 0 Å². The maximum atomic E-state index is 12.7. The molecule has 9 nitrogen and oxygen atoms in total. The van der Waals surface area contributed by atoms with E-state index in [-0.39, 0.29) is 17.5 Å². The maximum Gasteiger partial charge on any atom is 0.340 e. The summed E-state index contributed by atoms with van der Waals surface area (Å²) in [4.78, 5) is 63.3. The summed E-state index contributed by atoms with van der Waals surface area (Å²) in [6, 6.07) is 6.50. The number of H-pyrrole nitrogens is 1. The summed E-state index contributed by atoms with van der Waals surface area (Å²) in [5.41, 5.74) is -2.60. The van der Waals surface area contributed by atoms with Crippen LogP contribution in [-0.4, -0.2) is 25.9 Å². The van der Waals surface area contributed by atoms with Crippen LogP contribution in [0.15, 0.2) is 38.6 Å². The van der Waals surface area contributed by atoms with Crippen LogP contribution in [0.5, 0.6) is 0 Å². The second-order valence-electron chi connectivity index (χ2n) is 7.05. The van der Waals surface area contributed by atoms with Gasteiger partial charge < -0.3 is 0 Å². The summed E-state index contributed by atoms with van der Waals surface area (Å²) in [7, 11) is 1.26. The highest BCUT2D eigenvalue weighted by Gasteiger charge is 2.56. The van der Waals surface area contributed by atoms with Crippen molar-refractivity contribution < 1.29 is 9.59 Å². The number of aromatic nitrogens is 3. The van der Waals surface area contributed by atoms with Gasteiger partial charge in [0.1, 0.15) is 0 Å². The Labute approximate surface area is 152 Å². The van der Waals surface area contributed by atoms with Crippen LogP contribution >= 0.6 is 0 Å². The van der Waals surface area contributed by atoms with Gasteiger partial charge in [-0.15, -0.1) is 0 Å². The number of hydrogen-bond donors (Lipinski definition) is 2. The zero-order chi connectivity index (χ0) is 19.3. The first kappa shape index (κ1) is 17.2. The maximum absolute atomic E-state index is 12.7. The number of carbonyl (C=O) groups is 2. The number of benzene rings is 1. The van der Waals surface area contributed by atoms with E-state index in [0.29, 0.717) is 18.4 Å². The van der Waals surface area contributed by atoms with Crippen LogP contribution in [0.1, 0.15) is 31.2 Å². The smallest absolute Gasteiger partial charge is 0.295 e. The van der Waals surface area contributed by atoms with Crippen molar-refractivity contribution in [3.8, 4) is 5.69 Å². The Morgan fingerprint density at radius 1 is 1.07 bits per heavy atom. The molecule has 2 N–H and O–H groups in total. The second kappa shape index (κ2) is 5.90. The van der Waals surface area contributed by atoms with Gasteiger partial charge in [0, 0.05) is 7.05 Å². The van der Waals surface area contributed by atoms with Crippen molar-refractivity contribution in [1.82, 2.24) is 19.4 Å². The fourth-order valence-corrected chi connectivity index (χ4v) is 4.29. The highest BCUT2D eigenvalue weighted by Crippen LogP contribution is 2.47. The molecular formula is C18H18N4O5. The fraction of sp³-hybridized carbons (Fsp3) is 0.389. The summed E-state index contributed by atoms with van der Waals surface area (Å²) in [5.74, 6) is -1.07. The van der Waals surface area contributed by atoms with Gasteiger partial charge in [-0.2, -0.15) is 0 Å². The normalized spacial score (nSPS) is 24.6. The summed E-state index contributed by atoms with van der Waals surface area (Å²) in [6.07, 6.45) is 2.81. The second-order valence-corrected chi connectivity index (χ2v) is 7.05. The third kappa shape index (κ3) is 2.34. The first-order valence-electron chi connectivity index (χ1n) is 8.75. The molecule has 1 aliphatic heterocycles. The van der Waals surface area contributed by atoms with Crippen LogP contribution in [-0.2, 0) is 22.1 Å². The quantitative estimate of drug-likeness (QED) is 0.678. The Kier molecular flexibility index (Phi) is 3.76. The van der Waals surface area contributed by atoms with E-state index in [2.05, 4.69) is 10.3 Å². The molecular weight excluding hydrogens is 352 g/mol. The number of aromatic amines is 1. The number of rotatable bonds is 2. The van der Waals surface area contributed by atoms with Crippen molar-refractivity contribution in [1.29, 1.82) is 0 Å². The first-order chi connectivity index (χ1) is 12.9. The summed E-state index contributed by atoms with van der Waals surface area (Å²) in [6.45, 7) is 0. The van der Waals surface area contributed by atoms with Gasteiger partial charge in [0.05, 0.1) is 17.0 Å². The Morgan fingerprint density at radius 2 is 1.85 bits per heavy atom. The largest absolute Gasteiger partial charge is 0.340 e. The molecule has 2 atom stereocenters. The van der Waals surface area contributed by atoms with Crippen LogP contribution in [0, 0.1) is 5.92 Å². The van der Waals surface area contributed by atoms with Crippen LogP contribution < -0.4 is 22.4 Å². The molecule has 4 rings (SSSR count). The minimum absolute atomic E-state index is 0.236. The molecule has 9 heteroatoms. The van der Waals surface area contributed by atoms with E-state index in [0.717, 1.165) is 22.0 Å². The van der Waals surface area contributed by atoms with Crippen LogP contribution in [0.25, 0.3) is 5.69 Å². The minimum atomic E-state index is -0.984. The standard InChI is InChI=1S/C18H18N4O5/c1-21-15(25)20-16(26)22(17(21)27)11-6-4-5-10(9-11)18-8-3-2-7-12(18)13(23)19-14(18)24/h4-6,9,12H,2-3,7-8H2,1H3,(H,19,23,24)(H,20,25,26). The molecule has 2 heterocycles. The van der Waals surface area contributed by atoms with Gasteiger partial charge in [0.15, 0.2) is 0 Å². The number of nitrogens with one attached hydrogen (secondary N) is 2. The molecule has 0 spiro atoms. The predicted molar refractivity (Wildman–Crippen MR) is 94.7 cm³/mol. The molecule has 0 bridgehead atoms. The lowest BCUT2D eigenvalue weighted by atomic mass is 9.64. The number of hydrogen-bond acceptors (Lipinski definition) is 5. The van der Waals surface area contributed by atoms with E-state index < -0.39 is 28.4 Å². The van der Waals surface area contributed by atoms with Crippen LogP contribution in [0.3, 0.4) is 0 Å². The third-order valence-corrected chi connectivity index (χ3v) is 5.69. The predicted octanol–water partition coefficient (Wildman–Crippen LogP) is -0.691. The molecule has 1 aromatic carbocycles. The Bertz CT molecular complexity index is 1140. The SMILES string of the molecule is Cn1c(=O)[nH]c(=O)n(-c2cccc(C34CCCCC3C(=O)NC4=O)c2)c1=O. The molecule has 2 aromatic rings. The highest BCUT2D eigenvalue weighted by atomic mass is 16.2. The van der Waals surface area contributed by atoms with E-state index in [1.54, 1.807) is 24.3 Å². The molecule has 2 aliphatic rings. The lowest BCUT2D eigenvalue weighted by Crippen LogP contribution is -2.47. The summed E-state index contributed by atoms with van der Waals surface area (Å²) < 4.78 is 1.63. The molecule has 1 aromatic heterocycles. The molecule has 2 amide bonds. The number of amides is 2. The van der Waals surface area contributed by atoms with E-state index in [1.165, 1.54) is 7.05 Å². The molecule has 1 saturated heterocycles. The van der Waals surface area contributed by atoms with Crippen molar-refractivity contribution in [2.24, 2.45) is 13.0 Å². The van der Waals surface area contributed by atoms with E-state index in [1.807, 2.05) is 0 Å². The Morgan fingerprint density at radius 3 is 2.63 bits per heavy atom. The van der Waals surface area contributed by atoms with E-state index in [4.69, 9.17) is 0 Å². The number of imide groups is 1. The average molecular weight is 370 g/mol. The van der Waals surface area contributed by atoms with Crippen molar-refractivity contribution in [3.05, 3.63) is 61.3 Å². The first-order valence-corrected chi connectivity index (χ1v) is 8.75. The van der Waals surface area contributed by atoms with Crippen LogP contribution in [0.4, 0.5) is 0 Å². The number of fused-ring (bicyclic) bond motifs is 1. The molecule has 140 valence electrons. The van der Waals surface area contributed by atoms with Crippen molar-refractivity contribution >= 4 is 11.8 Å². The van der Waals surface area contributed by atoms with Gasteiger partial charge in [-0.3, -0.25) is 19.9 Å². The lowest BCUT2D eigenvalue weighted by molar-refractivity contribution is -0.126. The Hall–Kier alpha value is -3.23. The van der Waals surface area contributed by atoms with Crippen molar-refractivity contribution in [2.45, 2.75) is 31.1 Å². The summed E-state index contributed by atoms with van der Waals surface area (Å²) >= 11 is 0. The van der Waals surface area contributed by atoms with E-state index >= 15 is 0 Å². The van der Waals surface area contributed by atoms with Gasteiger partial charge in [0.2, 0.25) is 11.8 Å². The van der Waals surface area contributed by atoms with Gasteiger partial charge in [-0.1, -0.05) is 25.0 Å². The molecule has 1 saturated carbocycles. The zero-order valence-electron chi connectivity index (χ0n) is 14.7. The minimum Gasteiger partial charge on any atom is -0.295 e.